The van der Waals surface area contributed by atoms with Crippen LogP contribution in [0.3, 0.4) is 0 Å². The van der Waals surface area contributed by atoms with Gasteiger partial charge in [0.1, 0.15) is 0 Å². The van der Waals surface area contributed by atoms with Crippen LogP contribution in [0.4, 0.5) is 0 Å². The minimum Gasteiger partial charge on any atom is -0.463 e. The summed E-state index contributed by atoms with van der Waals surface area (Å²) >= 11 is 0. The smallest absolute Gasteiger partial charge is 0.374 e. The summed E-state index contributed by atoms with van der Waals surface area (Å²) < 4.78 is 4.49. The zero-order valence-electron chi connectivity index (χ0n) is 14.2. The van der Waals surface area contributed by atoms with E-state index in [9.17, 15) is 9.59 Å². The van der Waals surface area contributed by atoms with Gasteiger partial charge in [0.2, 0.25) is 5.78 Å². The second-order valence-corrected chi connectivity index (χ2v) is 7.51. The average molecular weight is 290 g/mol. The van der Waals surface area contributed by atoms with Gasteiger partial charge in [-0.15, -0.1) is 0 Å². The molecule has 0 radical (unpaired) electrons. The molecule has 0 aromatic heterocycles. The molecule has 116 valence electrons. The van der Waals surface area contributed by atoms with Gasteiger partial charge in [-0.3, -0.25) is 4.79 Å². The Hall–Kier alpha value is -1.64. The van der Waals surface area contributed by atoms with E-state index >= 15 is 0 Å². The van der Waals surface area contributed by atoms with Crippen LogP contribution < -0.4 is 0 Å². The largest absolute Gasteiger partial charge is 0.463 e. The lowest BCUT2D eigenvalue weighted by Gasteiger charge is -2.26. The van der Waals surface area contributed by atoms with Crippen molar-refractivity contribution in [1.82, 2.24) is 0 Å². The van der Waals surface area contributed by atoms with Crippen molar-refractivity contribution in [2.75, 3.05) is 7.11 Å². The lowest BCUT2D eigenvalue weighted by atomic mass is 9.79. The monoisotopic (exact) mass is 290 g/mol. The van der Waals surface area contributed by atoms with Crippen LogP contribution in [0.5, 0.6) is 0 Å². The van der Waals surface area contributed by atoms with Crippen molar-refractivity contribution in [3.8, 4) is 0 Å². The molecule has 0 heterocycles. The SMILES string of the molecule is COC(=O)C(=O)Cc1cc(C(C)(C)C)cc(C(C)(C)C)c1. The van der Waals surface area contributed by atoms with Crippen molar-refractivity contribution in [2.24, 2.45) is 0 Å². The van der Waals surface area contributed by atoms with Gasteiger partial charge in [-0.05, 0) is 27.5 Å². The van der Waals surface area contributed by atoms with Crippen molar-refractivity contribution in [3.63, 3.8) is 0 Å². The first-order chi connectivity index (χ1) is 9.45. The first kappa shape index (κ1) is 17.4. The van der Waals surface area contributed by atoms with Crippen molar-refractivity contribution < 1.29 is 14.3 Å². The lowest BCUT2D eigenvalue weighted by Crippen LogP contribution is -2.20. The maximum absolute atomic E-state index is 11.8. The molecule has 0 bridgehead atoms. The average Bonchev–Trinajstić information content (AvgIpc) is 2.35. The summed E-state index contributed by atoms with van der Waals surface area (Å²) in [6, 6.07) is 6.21. The van der Waals surface area contributed by atoms with E-state index in [4.69, 9.17) is 0 Å². The Morgan fingerprint density at radius 3 is 1.67 bits per heavy atom. The van der Waals surface area contributed by atoms with E-state index in [0.717, 1.165) is 5.56 Å². The Morgan fingerprint density at radius 2 is 1.33 bits per heavy atom. The van der Waals surface area contributed by atoms with E-state index in [1.165, 1.54) is 18.2 Å². The fourth-order valence-electron chi connectivity index (χ4n) is 2.03. The third-order valence-electron chi connectivity index (χ3n) is 3.50. The predicted octanol–water partition coefficient (Wildman–Crippen LogP) is 3.57. The Labute approximate surface area is 127 Å². The van der Waals surface area contributed by atoms with Gasteiger partial charge in [-0.1, -0.05) is 59.7 Å². The van der Waals surface area contributed by atoms with Crippen LogP contribution in [0.25, 0.3) is 0 Å². The van der Waals surface area contributed by atoms with Crippen LogP contribution in [0.15, 0.2) is 18.2 Å². The van der Waals surface area contributed by atoms with Crippen molar-refractivity contribution >= 4 is 11.8 Å². The molecule has 0 aliphatic rings. The number of carbonyl (C=O) groups excluding carboxylic acids is 2. The normalized spacial score (nSPS) is 12.1. The molecule has 0 aliphatic carbocycles. The van der Waals surface area contributed by atoms with E-state index in [0.29, 0.717) is 0 Å². The van der Waals surface area contributed by atoms with Crippen LogP contribution in [0.1, 0.15) is 58.2 Å². The lowest BCUT2D eigenvalue weighted by molar-refractivity contribution is -0.151. The molecule has 0 spiro atoms. The molecular weight excluding hydrogens is 264 g/mol. The number of Topliss-reactive ketones (excluding diaryl/α,β-unsaturated/α-hetero) is 1. The molecule has 0 atom stereocenters. The summed E-state index contributed by atoms with van der Waals surface area (Å²) in [4.78, 5) is 23.1. The van der Waals surface area contributed by atoms with Crippen molar-refractivity contribution in [2.45, 2.75) is 58.8 Å². The Balaban J connectivity index is 3.26. The molecular formula is C18H26O3. The molecule has 0 aliphatic heterocycles. The number of ketones is 1. The minimum absolute atomic E-state index is 0.00960. The Morgan fingerprint density at radius 1 is 0.905 bits per heavy atom. The third kappa shape index (κ3) is 4.69. The predicted molar refractivity (Wildman–Crippen MR) is 84.6 cm³/mol. The second-order valence-electron chi connectivity index (χ2n) is 7.51. The Bertz CT molecular complexity index is 510. The number of hydrogen-bond acceptors (Lipinski definition) is 3. The number of benzene rings is 1. The van der Waals surface area contributed by atoms with Crippen molar-refractivity contribution in [1.29, 1.82) is 0 Å². The maximum Gasteiger partial charge on any atom is 0.374 e. The van der Waals surface area contributed by atoms with Gasteiger partial charge in [-0.25, -0.2) is 4.79 Å². The fraction of sp³-hybridized carbons (Fsp3) is 0.556. The summed E-state index contributed by atoms with van der Waals surface area (Å²) in [5.74, 6) is -1.29. The zero-order chi connectivity index (χ0) is 16.4. The van der Waals surface area contributed by atoms with Gasteiger partial charge in [0.05, 0.1) is 7.11 Å². The molecule has 3 heteroatoms. The summed E-state index contributed by atoms with van der Waals surface area (Å²) in [5.41, 5.74) is 3.18. The van der Waals surface area contributed by atoms with Crippen molar-refractivity contribution in [3.05, 3.63) is 34.9 Å². The number of methoxy groups -OCH3 is 1. The third-order valence-corrected chi connectivity index (χ3v) is 3.50. The minimum atomic E-state index is -0.784. The second kappa shape index (κ2) is 6.00. The summed E-state index contributed by atoms with van der Waals surface area (Å²) in [5, 5.41) is 0. The van der Waals surface area contributed by atoms with Gasteiger partial charge in [0.25, 0.3) is 0 Å². The number of ether oxygens (including phenoxy) is 1. The van der Waals surface area contributed by atoms with E-state index < -0.39 is 11.8 Å². The molecule has 0 unspecified atom stereocenters. The highest BCUT2D eigenvalue weighted by Gasteiger charge is 2.22. The molecule has 3 nitrogen and oxygen atoms in total. The highest BCUT2D eigenvalue weighted by atomic mass is 16.5. The van der Waals surface area contributed by atoms with Gasteiger partial charge in [-0.2, -0.15) is 0 Å². The molecule has 0 saturated heterocycles. The first-order valence-corrected chi connectivity index (χ1v) is 7.21. The quantitative estimate of drug-likeness (QED) is 0.631. The number of hydrogen-bond donors (Lipinski definition) is 0. The first-order valence-electron chi connectivity index (χ1n) is 7.21. The zero-order valence-corrected chi connectivity index (χ0v) is 14.2. The summed E-state index contributed by atoms with van der Waals surface area (Å²) in [6.07, 6.45) is 0.0830. The number of esters is 1. The molecule has 1 aromatic carbocycles. The topological polar surface area (TPSA) is 43.4 Å². The van der Waals surface area contributed by atoms with Crippen LogP contribution in [-0.2, 0) is 31.6 Å². The molecule has 21 heavy (non-hydrogen) atoms. The summed E-state index contributed by atoms with van der Waals surface area (Å²) in [7, 11) is 1.23. The van der Waals surface area contributed by atoms with Gasteiger partial charge >= 0.3 is 5.97 Å². The van der Waals surface area contributed by atoms with E-state index in [1.807, 2.05) is 12.1 Å². The van der Waals surface area contributed by atoms with E-state index in [-0.39, 0.29) is 17.3 Å². The highest BCUT2D eigenvalue weighted by molar-refractivity contribution is 6.34. The molecule has 0 N–H and O–H groups in total. The van der Waals surface area contributed by atoms with Gasteiger partial charge < -0.3 is 4.74 Å². The van der Waals surface area contributed by atoms with E-state index in [1.54, 1.807) is 0 Å². The highest BCUT2D eigenvalue weighted by Crippen LogP contribution is 2.30. The van der Waals surface area contributed by atoms with Crippen LogP contribution in [0, 0.1) is 0 Å². The number of rotatable bonds is 3. The standard InChI is InChI=1S/C18H26O3/c1-17(2,3)13-8-12(10-15(19)16(20)21-7)9-14(11-13)18(4,5)6/h8-9,11H,10H2,1-7H3. The van der Waals surface area contributed by atoms with Crippen LogP contribution >= 0.6 is 0 Å². The summed E-state index contributed by atoms with van der Waals surface area (Å²) in [6.45, 7) is 12.8. The van der Waals surface area contributed by atoms with Crippen LogP contribution in [-0.4, -0.2) is 18.9 Å². The van der Waals surface area contributed by atoms with Crippen LogP contribution in [0.2, 0.25) is 0 Å². The Kier molecular flexibility index (Phi) is 4.98. The molecule has 1 aromatic rings. The van der Waals surface area contributed by atoms with Gasteiger partial charge in [0.15, 0.2) is 0 Å². The fourth-order valence-corrected chi connectivity index (χ4v) is 2.03. The molecule has 0 fully saturated rings. The molecule has 1 rings (SSSR count). The molecule has 0 amide bonds. The van der Waals surface area contributed by atoms with Gasteiger partial charge in [0, 0.05) is 6.42 Å². The number of carbonyl (C=O) groups is 2. The maximum atomic E-state index is 11.8. The molecule has 0 saturated carbocycles. The van der Waals surface area contributed by atoms with E-state index in [2.05, 4.69) is 52.3 Å².